The van der Waals surface area contributed by atoms with E-state index in [-0.39, 0.29) is 35.0 Å². The Kier molecular flexibility index (Phi) is 5.83. The summed E-state index contributed by atoms with van der Waals surface area (Å²) in [5, 5.41) is 0.739. The van der Waals surface area contributed by atoms with Gasteiger partial charge in [-0.3, -0.25) is 14.4 Å². The maximum absolute atomic E-state index is 13.3. The number of carbonyl (C=O) groups excluding carboxylic acids is 2. The molecule has 0 aliphatic carbocycles. The number of methoxy groups -OCH3 is 3. The fraction of sp³-hybridized carbons (Fsp3) is 0.167. The van der Waals surface area contributed by atoms with E-state index in [1.807, 2.05) is 0 Å². The first-order valence-electron chi connectivity index (χ1n) is 12.1. The van der Waals surface area contributed by atoms with E-state index in [0.717, 1.165) is 5.39 Å². The molecule has 0 amide bonds. The summed E-state index contributed by atoms with van der Waals surface area (Å²) in [4.78, 5) is 42.0. The second-order valence-electron chi connectivity index (χ2n) is 9.15. The van der Waals surface area contributed by atoms with E-state index in [9.17, 15) is 14.4 Å². The number of ketones is 1. The molecule has 6 rings (SSSR count). The van der Waals surface area contributed by atoms with Crippen LogP contribution in [0.25, 0.3) is 17.0 Å². The molecule has 1 aromatic heterocycles. The molecule has 3 heterocycles. The van der Waals surface area contributed by atoms with Gasteiger partial charge in [-0.25, -0.2) is 0 Å². The van der Waals surface area contributed by atoms with Gasteiger partial charge < -0.3 is 28.7 Å². The van der Waals surface area contributed by atoms with E-state index in [4.69, 9.17) is 23.7 Å². The predicted octanol–water partition coefficient (Wildman–Crippen LogP) is 4.61. The van der Waals surface area contributed by atoms with Crippen molar-refractivity contribution in [1.29, 1.82) is 0 Å². The molecule has 1 N–H and O–H groups in total. The lowest BCUT2D eigenvalue weighted by Gasteiger charge is -2.26. The van der Waals surface area contributed by atoms with Crippen LogP contribution in [0.15, 0.2) is 65.2 Å². The zero-order chi connectivity index (χ0) is 27.3. The van der Waals surface area contributed by atoms with Crippen LogP contribution >= 0.6 is 0 Å². The minimum Gasteiger partial charge on any atom is -0.497 e. The number of pyridine rings is 1. The Hall–Kier alpha value is -5.05. The predicted molar refractivity (Wildman–Crippen MR) is 142 cm³/mol. The second kappa shape index (κ2) is 9.36. The Bertz CT molecular complexity index is 1770. The average Bonchev–Trinajstić information content (AvgIpc) is 3.26. The van der Waals surface area contributed by atoms with Crippen molar-refractivity contribution in [3.8, 4) is 28.7 Å². The van der Waals surface area contributed by atoms with Crippen molar-refractivity contribution in [3.05, 3.63) is 93.0 Å². The third-order valence-electron chi connectivity index (χ3n) is 6.94. The molecule has 9 heteroatoms. The van der Waals surface area contributed by atoms with Gasteiger partial charge in [-0.2, -0.15) is 0 Å². The van der Waals surface area contributed by atoms with Crippen molar-refractivity contribution in [2.75, 3.05) is 21.3 Å². The Morgan fingerprint density at radius 3 is 2.46 bits per heavy atom. The SMILES string of the molecule is COc1ccc2[nH]c(=O)c(C3CC(=O)Oc4ccc5c(c43)OC(=Cc3ccc(OC)c(OC)c3)C5=O)cc2c1. The van der Waals surface area contributed by atoms with Crippen LogP contribution in [0.3, 0.4) is 0 Å². The number of carbonyl (C=O) groups is 2. The highest BCUT2D eigenvalue weighted by Gasteiger charge is 2.39. The molecule has 0 radical (unpaired) electrons. The molecule has 1 unspecified atom stereocenters. The van der Waals surface area contributed by atoms with Crippen LogP contribution in [-0.2, 0) is 4.79 Å². The van der Waals surface area contributed by atoms with Crippen molar-refractivity contribution in [2.45, 2.75) is 12.3 Å². The standard InChI is InChI=1S/C30H23NO8/c1-35-17-5-7-21-16(12-17)13-20(30(34)31-21)19-14-26(32)38-23-9-6-18-28(33)25(39-29(18)27(19)23)11-15-4-8-22(36-2)24(10-15)37-3/h4-13,19H,14H2,1-3H3,(H,31,34). The highest BCUT2D eigenvalue weighted by atomic mass is 16.5. The first-order chi connectivity index (χ1) is 18.9. The van der Waals surface area contributed by atoms with Gasteiger partial charge in [0.15, 0.2) is 17.3 Å². The number of allylic oxidation sites excluding steroid dienone is 1. The van der Waals surface area contributed by atoms with Crippen molar-refractivity contribution >= 4 is 28.7 Å². The highest BCUT2D eigenvalue weighted by molar-refractivity contribution is 6.15. The summed E-state index contributed by atoms with van der Waals surface area (Å²) in [5.41, 5.74) is 2.11. The van der Waals surface area contributed by atoms with Crippen LogP contribution in [-0.4, -0.2) is 38.1 Å². The molecule has 1 atom stereocenters. The van der Waals surface area contributed by atoms with Gasteiger partial charge >= 0.3 is 5.97 Å². The summed E-state index contributed by atoms with van der Waals surface area (Å²) in [7, 11) is 4.63. The summed E-state index contributed by atoms with van der Waals surface area (Å²) >= 11 is 0. The van der Waals surface area contributed by atoms with Gasteiger partial charge in [0, 0.05) is 27.9 Å². The number of rotatable bonds is 5. The molecule has 0 fully saturated rings. The van der Waals surface area contributed by atoms with E-state index in [0.29, 0.717) is 45.0 Å². The van der Waals surface area contributed by atoms with Gasteiger partial charge in [0.1, 0.15) is 17.2 Å². The lowest BCUT2D eigenvalue weighted by Crippen LogP contribution is -2.26. The molecular weight excluding hydrogens is 502 g/mol. The number of hydrogen-bond donors (Lipinski definition) is 1. The first-order valence-corrected chi connectivity index (χ1v) is 12.1. The highest BCUT2D eigenvalue weighted by Crippen LogP contribution is 2.48. The average molecular weight is 526 g/mol. The number of aromatic amines is 1. The molecular formula is C30H23NO8. The van der Waals surface area contributed by atoms with Gasteiger partial charge in [-0.15, -0.1) is 0 Å². The Morgan fingerprint density at radius 2 is 1.69 bits per heavy atom. The maximum Gasteiger partial charge on any atom is 0.312 e. The van der Waals surface area contributed by atoms with Gasteiger partial charge in [0.05, 0.1) is 33.3 Å². The normalized spacial score (nSPS) is 16.9. The van der Waals surface area contributed by atoms with E-state index in [1.54, 1.807) is 74.9 Å². The number of ether oxygens (including phenoxy) is 5. The molecule has 39 heavy (non-hydrogen) atoms. The minimum atomic E-state index is -0.691. The summed E-state index contributed by atoms with van der Waals surface area (Å²) in [6.45, 7) is 0. The molecule has 0 saturated heterocycles. The smallest absolute Gasteiger partial charge is 0.312 e. The zero-order valence-corrected chi connectivity index (χ0v) is 21.3. The largest absolute Gasteiger partial charge is 0.497 e. The minimum absolute atomic E-state index is 0.0890. The van der Waals surface area contributed by atoms with Crippen LogP contribution in [0.1, 0.15) is 39.4 Å². The van der Waals surface area contributed by atoms with E-state index < -0.39 is 11.9 Å². The molecule has 0 bridgehead atoms. The number of esters is 1. The number of benzene rings is 3. The van der Waals surface area contributed by atoms with Crippen LogP contribution in [0.4, 0.5) is 0 Å². The van der Waals surface area contributed by atoms with Crippen molar-refractivity contribution in [3.63, 3.8) is 0 Å². The Labute approximate surface area is 222 Å². The molecule has 3 aromatic carbocycles. The summed E-state index contributed by atoms with van der Waals surface area (Å²) in [6, 6.07) is 15.4. The molecule has 4 aromatic rings. The maximum atomic E-state index is 13.3. The summed E-state index contributed by atoms with van der Waals surface area (Å²) < 4.78 is 27.6. The molecule has 196 valence electrons. The van der Waals surface area contributed by atoms with Crippen LogP contribution in [0.5, 0.6) is 28.7 Å². The fourth-order valence-electron chi connectivity index (χ4n) is 5.05. The molecule has 0 saturated carbocycles. The molecule has 2 aliphatic heterocycles. The first kappa shape index (κ1) is 24.3. The van der Waals surface area contributed by atoms with Crippen LogP contribution < -0.4 is 29.2 Å². The summed E-state index contributed by atoms with van der Waals surface area (Å²) in [6.07, 6.45) is 1.52. The quantitative estimate of drug-likeness (QED) is 0.228. The van der Waals surface area contributed by atoms with Crippen molar-refractivity contribution in [1.82, 2.24) is 4.98 Å². The number of aromatic nitrogens is 1. The van der Waals surface area contributed by atoms with E-state index in [2.05, 4.69) is 4.98 Å². The number of H-pyrrole nitrogens is 1. The second-order valence-corrected chi connectivity index (χ2v) is 9.15. The van der Waals surface area contributed by atoms with Crippen LogP contribution in [0.2, 0.25) is 0 Å². The third kappa shape index (κ3) is 4.08. The van der Waals surface area contributed by atoms with Crippen molar-refractivity contribution < 1.29 is 33.3 Å². The number of nitrogens with one attached hydrogen (secondary N) is 1. The Balaban J connectivity index is 1.46. The third-order valence-corrected chi connectivity index (χ3v) is 6.94. The van der Waals surface area contributed by atoms with Gasteiger partial charge in [-0.1, -0.05) is 6.07 Å². The van der Waals surface area contributed by atoms with Gasteiger partial charge in [0.2, 0.25) is 5.78 Å². The van der Waals surface area contributed by atoms with E-state index in [1.165, 1.54) is 7.11 Å². The zero-order valence-electron chi connectivity index (χ0n) is 21.3. The van der Waals surface area contributed by atoms with Gasteiger partial charge in [0.25, 0.3) is 5.56 Å². The topological polar surface area (TPSA) is 113 Å². The lowest BCUT2D eigenvalue weighted by molar-refractivity contribution is -0.135. The number of fused-ring (bicyclic) bond motifs is 4. The molecule has 9 nitrogen and oxygen atoms in total. The number of Topliss-reactive ketones (excluding diaryl/α,β-unsaturated/α-hetero) is 1. The fourth-order valence-corrected chi connectivity index (χ4v) is 5.05. The Morgan fingerprint density at radius 1 is 0.872 bits per heavy atom. The van der Waals surface area contributed by atoms with Gasteiger partial charge in [-0.05, 0) is 60.2 Å². The van der Waals surface area contributed by atoms with Crippen LogP contribution in [0, 0.1) is 0 Å². The summed E-state index contributed by atoms with van der Waals surface area (Å²) in [5.74, 6) is 0.807. The van der Waals surface area contributed by atoms with Crippen molar-refractivity contribution in [2.24, 2.45) is 0 Å². The monoisotopic (exact) mass is 525 g/mol. The lowest BCUT2D eigenvalue weighted by atomic mass is 9.85. The number of hydrogen-bond acceptors (Lipinski definition) is 8. The van der Waals surface area contributed by atoms with E-state index >= 15 is 0 Å². The molecule has 0 spiro atoms. The molecule has 2 aliphatic rings.